The maximum Gasteiger partial charge on any atom is 0.232 e. The molecule has 0 aliphatic carbocycles. The standard InChI is InChI=1S/C24H32N6O2S/c1-2-27-14-16-28(17-15-27)13-10-25-23(31)20-33(32)19-21-18-26-30(22-8-4-3-5-9-22)24(21)29-11-6-7-12-29/h3-9,11-12,18H,2,10,13-17,19-20H2,1H3,(H,25,31). The summed E-state index contributed by atoms with van der Waals surface area (Å²) < 4.78 is 16.6. The molecule has 1 N–H and O–H groups in total. The van der Waals surface area contributed by atoms with Gasteiger partial charge in [-0.2, -0.15) is 5.10 Å². The smallest absolute Gasteiger partial charge is 0.232 e. The molecule has 1 unspecified atom stereocenters. The first-order chi connectivity index (χ1) is 16.1. The van der Waals surface area contributed by atoms with E-state index in [-0.39, 0.29) is 17.4 Å². The molecule has 1 aliphatic rings. The Labute approximate surface area is 197 Å². The van der Waals surface area contributed by atoms with Crippen LogP contribution < -0.4 is 5.32 Å². The van der Waals surface area contributed by atoms with Crippen molar-refractivity contribution in [2.24, 2.45) is 0 Å². The maximum absolute atomic E-state index is 12.8. The number of amides is 1. The zero-order valence-electron chi connectivity index (χ0n) is 19.1. The van der Waals surface area contributed by atoms with Crippen LogP contribution in [0.15, 0.2) is 61.1 Å². The number of rotatable bonds is 10. The Bertz CT molecular complexity index is 1040. The first kappa shape index (κ1) is 23.4. The molecule has 4 rings (SSSR count). The quantitative estimate of drug-likeness (QED) is 0.490. The maximum atomic E-state index is 12.8. The molecule has 1 saturated heterocycles. The van der Waals surface area contributed by atoms with Gasteiger partial charge in [0, 0.05) is 68.0 Å². The van der Waals surface area contributed by atoms with Crippen LogP contribution in [-0.4, -0.2) is 85.8 Å². The van der Waals surface area contributed by atoms with E-state index in [0.29, 0.717) is 6.54 Å². The second kappa shape index (κ2) is 11.4. The molecule has 1 aliphatic heterocycles. The Morgan fingerprint density at radius 2 is 1.73 bits per heavy atom. The van der Waals surface area contributed by atoms with E-state index in [1.165, 1.54) is 0 Å². The van der Waals surface area contributed by atoms with E-state index in [1.807, 2.05) is 64.1 Å². The molecule has 0 bridgehead atoms. The fraction of sp³-hybridized carbons (Fsp3) is 0.417. The molecule has 1 atom stereocenters. The van der Waals surface area contributed by atoms with Gasteiger partial charge in [0.25, 0.3) is 0 Å². The van der Waals surface area contributed by atoms with E-state index in [9.17, 15) is 9.00 Å². The van der Waals surface area contributed by atoms with Crippen LogP contribution in [0, 0.1) is 0 Å². The lowest BCUT2D eigenvalue weighted by Gasteiger charge is -2.33. The number of para-hydroxylation sites is 1. The van der Waals surface area contributed by atoms with E-state index in [0.717, 1.165) is 56.3 Å². The van der Waals surface area contributed by atoms with Gasteiger partial charge >= 0.3 is 0 Å². The summed E-state index contributed by atoms with van der Waals surface area (Å²) in [4.78, 5) is 17.2. The van der Waals surface area contributed by atoms with Crippen LogP contribution >= 0.6 is 0 Å². The van der Waals surface area contributed by atoms with Crippen LogP contribution in [0.2, 0.25) is 0 Å². The fourth-order valence-electron chi connectivity index (χ4n) is 4.09. The molecular weight excluding hydrogens is 436 g/mol. The number of nitrogens with one attached hydrogen (secondary N) is 1. The SMILES string of the molecule is CCN1CCN(CCNC(=O)CS(=O)Cc2cnn(-c3ccccc3)c2-n2cccc2)CC1. The zero-order valence-corrected chi connectivity index (χ0v) is 19.9. The van der Waals surface area contributed by atoms with Gasteiger partial charge in [-0.1, -0.05) is 25.1 Å². The molecule has 176 valence electrons. The lowest BCUT2D eigenvalue weighted by atomic mass is 10.3. The lowest BCUT2D eigenvalue weighted by molar-refractivity contribution is -0.118. The summed E-state index contributed by atoms with van der Waals surface area (Å²) in [5.41, 5.74) is 1.77. The summed E-state index contributed by atoms with van der Waals surface area (Å²) in [5.74, 6) is 0.933. The van der Waals surface area contributed by atoms with Crippen LogP contribution in [0.25, 0.3) is 11.5 Å². The van der Waals surface area contributed by atoms with Gasteiger partial charge < -0.3 is 14.8 Å². The molecular formula is C24H32N6O2S. The van der Waals surface area contributed by atoms with Gasteiger partial charge in [0.15, 0.2) is 0 Å². The molecule has 1 amide bonds. The molecule has 9 heteroatoms. The Morgan fingerprint density at radius 3 is 2.42 bits per heavy atom. The first-order valence-electron chi connectivity index (χ1n) is 11.5. The molecule has 0 spiro atoms. The van der Waals surface area contributed by atoms with Crippen LogP contribution in [0.1, 0.15) is 12.5 Å². The van der Waals surface area contributed by atoms with Crippen molar-refractivity contribution < 1.29 is 9.00 Å². The van der Waals surface area contributed by atoms with Gasteiger partial charge in [-0.3, -0.25) is 13.9 Å². The zero-order chi connectivity index (χ0) is 23.0. The summed E-state index contributed by atoms with van der Waals surface area (Å²) in [5, 5.41) is 7.47. The summed E-state index contributed by atoms with van der Waals surface area (Å²) in [6.07, 6.45) is 5.62. The van der Waals surface area contributed by atoms with E-state index in [2.05, 4.69) is 27.1 Å². The fourth-order valence-corrected chi connectivity index (χ4v) is 5.14. The third kappa shape index (κ3) is 6.19. The van der Waals surface area contributed by atoms with E-state index >= 15 is 0 Å². The average molecular weight is 469 g/mol. The van der Waals surface area contributed by atoms with E-state index < -0.39 is 10.8 Å². The number of aromatic nitrogens is 3. The van der Waals surface area contributed by atoms with Crippen molar-refractivity contribution >= 4 is 16.7 Å². The molecule has 0 saturated carbocycles. The molecule has 0 radical (unpaired) electrons. The minimum absolute atomic E-state index is 0.00868. The largest absolute Gasteiger partial charge is 0.354 e. The molecule has 8 nitrogen and oxygen atoms in total. The molecule has 1 fully saturated rings. The van der Waals surface area contributed by atoms with Crippen LogP contribution in [0.4, 0.5) is 0 Å². The topological polar surface area (TPSA) is 75.4 Å². The van der Waals surface area contributed by atoms with Crippen molar-refractivity contribution in [3.05, 3.63) is 66.6 Å². The normalized spacial score (nSPS) is 16.0. The van der Waals surface area contributed by atoms with Crippen molar-refractivity contribution in [1.29, 1.82) is 0 Å². The Hall–Kier alpha value is -2.75. The predicted octanol–water partition coefficient (Wildman–Crippen LogP) is 1.67. The summed E-state index contributed by atoms with van der Waals surface area (Å²) in [6, 6.07) is 13.7. The highest BCUT2D eigenvalue weighted by molar-refractivity contribution is 7.84. The van der Waals surface area contributed by atoms with E-state index in [1.54, 1.807) is 6.20 Å². The first-order valence-corrected chi connectivity index (χ1v) is 12.9. The lowest BCUT2D eigenvalue weighted by Crippen LogP contribution is -2.48. The Balaban J connectivity index is 1.32. The van der Waals surface area contributed by atoms with Gasteiger partial charge in [-0.25, -0.2) is 4.68 Å². The summed E-state index contributed by atoms with van der Waals surface area (Å²) in [7, 11) is -1.33. The number of nitrogens with zero attached hydrogens (tertiary/aromatic N) is 5. The van der Waals surface area contributed by atoms with Crippen molar-refractivity contribution in [1.82, 2.24) is 29.5 Å². The molecule has 3 aromatic rings. The number of hydrogen-bond acceptors (Lipinski definition) is 5. The van der Waals surface area contributed by atoms with Gasteiger partial charge in [0.05, 0.1) is 17.6 Å². The average Bonchev–Trinajstić information content (AvgIpc) is 3.50. The second-order valence-electron chi connectivity index (χ2n) is 8.19. The molecule has 1 aromatic carbocycles. The van der Waals surface area contributed by atoms with Crippen molar-refractivity contribution in [2.75, 3.05) is 51.6 Å². The van der Waals surface area contributed by atoms with Crippen molar-refractivity contribution in [2.45, 2.75) is 12.7 Å². The summed E-state index contributed by atoms with van der Waals surface area (Å²) >= 11 is 0. The third-order valence-corrected chi connectivity index (χ3v) is 7.15. The van der Waals surface area contributed by atoms with Crippen molar-refractivity contribution in [3.63, 3.8) is 0 Å². The third-order valence-electron chi connectivity index (χ3n) is 5.94. The second-order valence-corrected chi connectivity index (χ2v) is 9.64. The van der Waals surface area contributed by atoms with Gasteiger partial charge in [-0.05, 0) is 30.8 Å². The number of likely N-dealkylation sites (N-methyl/N-ethyl adjacent to an activating group) is 1. The molecule has 3 heterocycles. The van der Waals surface area contributed by atoms with Gasteiger partial charge in [0.2, 0.25) is 5.91 Å². The number of carbonyl (C=O) groups is 1. The minimum atomic E-state index is -1.33. The molecule has 2 aromatic heterocycles. The van der Waals surface area contributed by atoms with Gasteiger partial charge in [0.1, 0.15) is 11.6 Å². The van der Waals surface area contributed by atoms with Crippen LogP contribution in [0.5, 0.6) is 0 Å². The highest BCUT2D eigenvalue weighted by Gasteiger charge is 2.18. The van der Waals surface area contributed by atoms with Crippen LogP contribution in [0.3, 0.4) is 0 Å². The highest BCUT2D eigenvalue weighted by atomic mass is 32.2. The minimum Gasteiger partial charge on any atom is -0.354 e. The van der Waals surface area contributed by atoms with E-state index in [4.69, 9.17) is 0 Å². The number of piperazine rings is 1. The van der Waals surface area contributed by atoms with Crippen molar-refractivity contribution in [3.8, 4) is 11.5 Å². The Kier molecular flexibility index (Phi) is 8.09. The van der Waals surface area contributed by atoms with Crippen LogP contribution in [-0.2, 0) is 21.3 Å². The molecule has 33 heavy (non-hydrogen) atoms. The highest BCUT2D eigenvalue weighted by Crippen LogP contribution is 2.21. The number of benzene rings is 1. The Morgan fingerprint density at radius 1 is 1.03 bits per heavy atom. The number of hydrogen-bond donors (Lipinski definition) is 1. The predicted molar refractivity (Wildman–Crippen MR) is 131 cm³/mol. The monoisotopic (exact) mass is 468 g/mol. The number of carbonyl (C=O) groups excluding carboxylic acids is 1. The summed E-state index contributed by atoms with van der Waals surface area (Å²) in [6.45, 7) is 8.91. The van der Waals surface area contributed by atoms with Gasteiger partial charge in [-0.15, -0.1) is 0 Å².